The smallest absolute Gasteiger partial charge is 0.326 e. The predicted molar refractivity (Wildman–Crippen MR) is 81.1 cm³/mol. The molecular formula is C17H23NO3. The van der Waals surface area contributed by atoms with E-state index in [2.05, 4.69) is 19.1 Å². The van der Waals surface area contributed by atoms with Crippen molar-refractivity contribution in [2.24, 2.45) is 0 Å². The van der Waals surface area contributed by atoms with Crippen molar-refractivity contribution in [3.63, 3.8) is 0 Å². The number of benzene rings is 1. The van der Waals surface area contributed by atoms with Gasteiger partial charge in [-0.05, 0) is 36.8 Å². The van der Waals surface area contributed by atoms with E-state index >= 15 is 0 Å². The van der Waals surface area contributed by atoms with Crippen molar-refractivity contribution in [3.8, 4) is 0 Å². The molecule has 0 bridgehead atoms. The molecule has 0 radical (unpaired) electrons. The van der Waals surface area contributed by atoms with Crippen LogP contribution in [0.4, 0.5) is 0 Å². The molecule has 1 heterocycles. The van der Waals surface area contributed by atoms with Gasteiger partial charge >= 0.3 is 5.97 Å². The Morgan fingerprint density at radius 2 is 1.90 bits per heavy atom. The third-order valence-electron chi connectivity index (χ3n) is 4.06. The molecule has 1 saturated heterocycles. The lowest BCUT2D eigenvalue weighted by molar-refractivity contribution is -0.148. The van der Waals surface area contributed by atoms with Gasteiger partial charge in [-0.3, -0.25) is 4.79 Å². The highest BCUT2D eigenvalue weighted by atomic mass is 16.4. The summed E-state index contributed by atoms with van der Waals surface area (Å²) in [5, 5.41) is 9.12. The number of hydrogen-bond acceptors (Lipinski definition) is 2. The fourth-order valence-corrected chi connectivity index (χ4v) is 2.80. The van der Waals surface area contributed by atoms with Gasteiger partial charge in [0.15, 0.2) is 0 Å². The first-order valence-corrected chi connectivity index (χ1v) is 7.72. The third kappa shape index (κ3) is 4.06. The van der Waals surface area contributed by atoms with Crippen LogP contribution in [0.2, 0.25) is 0 Å². The summed E-state index contributed by atoms with van der Waals surface area (Å²) < 4.78 is 0. The monoisotopic (exact) mass is 289 g/mol. The molecule has 1 aliphatic rings. The molecule has 0 aromatic heterocycles. The first-order chi connectivity index (χ1) is 10.1. The van der Waals surface area contributed by atoms with Crippen molar-refractivity contribution in [2.45, 2.75) is 51.5 Å². The highest BCUT2D eigenvalue weighted by Gasteiger charge is 2.33. The van der Waals surface area contributed by atoms with Crippen LogP contribution < -0.4 is 0 Å². The van der Waals surface area contributed by atoms with Gasteiger partial charge < -0.3 is 10.0 Å². The van der Waals surface area contributed by atoms with Gasteiger partial charge in [0.2, 0.25) is 5.91 Å². The summed E-state index contributed by atoms with van der Waals surface area (Å²) >= 11 is 0. The van der Waals surface area contributed by atoms with Crippen LogP contribution in [-0.4, -0.2) is 34.5 Å². The lowest BCUT2D eigenvalue weighted by Crippen LogP contribution is -2.41. The Kier molecular flexibility index (Phi) is 5.37. The second-order valence-corrected chi connectivity index (χ2v) is 5.68. The van der Waals surface area contributed by atoms with Crippen molar-refractivity contribution in [3.05, 3.63) is 35.4 Å². The average Bonchev–Trinajstić information content (AvgIpc) is 2.96. The van der Waals surface area contributed by atoms with Gasteiger partial charge in [0.1, 0.15) is 6.04 Å². The number of carbonyl (C=O) groups excluding carboxylic acids is 1. The quantitative estimate of drug-likeness (QED) is 0.876. The number of amides is 1. The third-order valence-corrected chi connectivity index (χ3v) is 4.06. The van der Waals surface area contributed by atoms with E-state index in [9.17, 15) is 9.59 Å². The number of nitrogens with zero attached hydrogens (tertiary/aromatic N) is 1. The molecule has 1 aromatic rings. The minimum atomic E-state index is -0.893. The number of hydrogen-bond donors (Lipinski definition) is 1. The summed E-state index contributed by atoms with van der Waals surface area (Å²) in [7, 11) is 0. The average molecular weight is 289 g/mol. The number of unbranched alkanes of at least 4 members (excludes halogenated alkanes) is 1. The Morgan fingerprint density at radius 1 is 1.24 bits per heavy atom. The van der Waals surface area contributed by atoms with E-state index < -0.39 is 12.0 Å². The lowest BCUT2D eigenvalue weighted by Gasteiger charge is -2.21. The first kappa shape index (κ1) is 15.5. The fourth-order valence-electron chi connectivity index (χ4n) is 2.80. The SMILES string of the molecule is CCCCc1ccc(CC(=O)N2CCC[C@@H]2C(=O)O)cc1. The molecular weight excluding hydrogens is 266 g/mol. The van der Waals surface area contributed by atoms with Gasteiger partial charge in [-0.2, -0.15) is 0 Å². The van der Waals surface area contributed by atoms with E-state index in [1.54, 1.807) is 0 Å². The fraction of sp³-hybridized carbons (Fsp3) is 0.529. The molecule has 4 heteroatoms. The molecule has 0 unspecified atom stereocenters. The minimum Gasteiger partial charge on any atom is -0.480 e. The summed E-state index contributed by atoms with van der Waals surface area (Å²) in [4.78, 5) is 24.9. The molecule has 4 nitrogen and oxygen atoms in total. The van der Waals surface area contributed by atoms with Crippen molar-refractivity contribution >= 4 is 11.9 Å². The molecule has 0 saturated carbocycles. The van der Waals surface area contributed by atoms with Gasteiger partial charge in [0, 0.05) is 6.54 Å². The van der Waals surface area contributed by atoms with Crippen LogP contribution in [0.25, 0.3) is 0 Å². The van der Waals surface area contributed by atoms with Crippen LogP contribution in [0.1, 0.15) is 43.7 Å². The Bertz CT molecular complexity index is 495. The molecule has 1 aromatic carbocycles. The van der Waals surface area contributed by atoms with E-state index in [1.165, 1.54) is 23.3 Å². The maximum Gasteiger partial charge on any atom is 0.326 e. The van der Waals surface area contributed by atoms with Crippen molar-refractivity contribution in [1.29, 1.82) is 0 Å². The van der Waals surface area contributed by atoms with Crippen LogP contribution >= 0.6 is 0 Å². The van der Waals surface area contributed by atoms with Gasteiger partial charge in [0.25, 0.3) is 0 Å². The second-order valence-electron chi connectivity index (χ2n) is 5.68. The van der Waals surface area contributed by atoms with E-state index in [-0.39, 0.29) is 12.3 Å². The van der Waals surface area contributed by atoms with Gasteiger partial charge in [0.05, 0.1) is 6.42 Å². The number of carbonyl (C=O) groups is 2. The summed E-state index contributed by atoms with van der Waals surface area (Å²) in [5.74, 6) is -0.975. The number of carboxylic acid groups (broad SMARTS) is 1. The van der Waals surface area contributed by atoms with E-state index in [0.717, 1.165) is 18.4 Å². The highest BCUT2D eigenvalue weighted by Crippen LogP contribution is 2.19. The number of likely N-dealkylation sites (tertiary alicyclic amines) is 1. The number of rotatable bonds is 6. The maximum atomic E-state index is 12.2. The van der Waals surface area contributed by atoms with Crippen LogP contribution in [-0.2, 0) is 22.4 Å². The second kappa shape index (κ2) is 7.25. The summed E-state index contributed by atoms with van der Waals surface area (Å²) in [5.41, 5.74) is 2.24. The molecule has 1 N–H and O–H groups in total. The maximum absolute atomic E-state index is 12.2. The molecule has 1 aliphatic heterocycles. The normalized spacial score (nSPS) is 18.0. The molecule has 2 rings (SSSR count). The van der Waals surface area contributed by atoms with Crippen LogP contribution in [0, 0.1) is 0 Å². The largest absolute Gasteiger partial charge is 0.480 e. The zero-order valence-corrected chi connectivity index (χ0v) is 12.5. The van der Waals surface area contributed by atoms with Crippen molar-refractivity contribution in [1.82, 2.24) is 4.90 Å². The summed E-state index contributed by atoms with van der Waals surface area (Å²) in [6, 6.07) is 7.46. The predicted octanol–water partition coefficient (Wildman–Crippen LogP) is 2.65. The number of aliphatic carboxylic acids is 1. The molecule has 21 heavy (non-hydrogen) atoms. The standard InChI is InChI=1S/C17H23NO3/c1-2-3-5-13-7-9-14(10-8-13)12-16(19)18-11-4-6-15(18)17(20)21/h7-10,15H,2-6,11-12H2,1H3,(H,20,21)/t15-/m1/s1. The summed E-state index contributed by atoms with van der Waals surface area (Å²) in [6.07, 6.45) is 5.05. The topological polar surface area (TPSA) is 57.6 Å². The molecule has 0 spiro atoms. The molecule has 1 amide bonds. The highest BCUT2D eigenvalue weighted by molar-refractivity contribution is 5.85. The molecule has 1 atom stereocenters. The van der Waals surface area contributed by atoms with Gasteiger partial charge in [-0.1, -0.05) is 37.6 Å². The number of carboxylic acids is 1. The zero-order chi connectivity index (χ0) is 15.2. The molecule has 1 fully saturated rings. The Morgan fingerprint density at radius 3 is 2.52 bits per heavy atom. The van der Waals surface area contributed by atoms with E-state index in [4.69, 9.17) is 5.11 Å². The number of aryl methyl sites for hydroxylation is 1. The Labute approximate surface area is 125 Å². The Hall–Kier alpha value is -1.84. The van der Waals surface area contributed by atoms with Crippen LogP contribution in [0.15, 0.2) is 24.3 Å². The van der Waals surface area contributed by atoms with Crippen molar-refractivity contribution < 1.29 is 14.7 Å². The van der Waals surface area contributed by atoms with E-state index in [1.807, 2.05) is 12.1 Å². The summed E-state index contributed by atoms with van der Waals surface area (Å²) in [6.45, 7) is 2.73. The van der Waals surface area contributed by atoms with Gasteiger partial charge in [-0.25, -0.2) is 4.79 Å². The first-order valence-electron chi connectivity index (χ1n) is 7.72. The van der Waals surface area contributed by atoms with Crippen LogP contribution in [0.3, 0.4) is 0 Å². The van der Waals surface area contributed by atoms with Gasteiger partial charge in [-0.15, -0.1) is 0 Å². The molecule has 114 valence electrons. The molecule has 0 aliphatic carbocycles. The van der Waals surface area contributed by atoms with E-state index in [0.29, 0.717) is 13.0 Å². The minimum absolute atomic E-state index is 0.0822. The lowest BCUT2D eigenvalue weighted by atomic mass is 10.0. The van der Waals surface area contributed by atoms with Crippen molar-refractivity contribution in [2.75, 3.05) is 6.54 Å². The van der Waals surface area contributed by atoms with Crippen LogP contribution in [0.5, 0.6) is 0 Å². The zero-order valence-electron chi connectivity index (χ0n) is 12.5. The Balaban J connectivity index is 1.94.